The zero-order valence-electron chi connectivity index (χ0n) is 10.5. The molecule has 1 saturated heterocycles. The molecule has 9 heteroatoms. The normalized spacial score (nSPS) is 23.2. The van der Waals surface area contributed by atoms with E-state index in [2.05, 4.69) is 26.0 Å². The minimum atomic E-state index is -3.82. The average molecular weight is 404 g/mol. The van der Waals surface area contributed by atoms with E-state index in [0.717, 1.165) is 0 Å². The number of sulfonamides is 1. The molecule has 0 bridgehead atoms. The van der Waals surface area contributed by atoms with E-state index in [1.54, 1.807) is 7.11 Å². The maximum atomic E-state index is 12.4. The highest BCUT2D eigenvalue weighted by atomic mass is 79.9. The van der Waals surface area contributed by atoms with E-state index in [1.165, 1.54) is 12.1 Å². The first-order chi connectivity index (χ1) is 9.35. The summed E-state index contributed by atoms with van der Waals surface area (Å²) in [6.45, 7) is 1.08. The zero-order valence-corrected chi connectivity index (χ0v) is 14.4. The van der Waals surface area contributed by atoms with Gasteiger partial charge in [0, 0.05) is 24.7 Å². The maximum absolute atomic E-state index is 12.4. The smallest absolute Gasteiger partial charge is 0.243 e. The molecule has 1 fully saturated rings. The summed E-state index contributed by atoms with van der Waals surface area (Å²) in [6, 6.07) is 2.62. The molecule has 2 atom stereocenters. The molecule has 1 aliphatic rings. The number of benzene rings is 1. The first-order valence-corrected chi connectivity index (χ1v) is 8.78. The summed E-state index contributed by atoms with van der Waals surface area (Å²) in [5.41, 5.74) is 0. The fourth-order valence-corrected chi connectivity index (χ4v) is 5.26. The lowest BCUT2D eigenvalue weighted by molar-refractivity contribution is 0.103. The number of hydrogen-bond acceptors (Lipinski definition) is 4. The molecule has 1 aromatic carbocycles. The second-order valence-electron chi connectivity index (χ2n) is 4.36. The fraction of sp³-hybridized carbons (Fsp3) is 0.455. The molecule has 0 saturated carbocycles. The Hall–Kier alpha value is 0.110. The summed E-state index contributed by atoms with van der Waals surface area (Å²) in [5.74, 6) is 0. The number of ether oxygens (including phenoxy) is 1. The summed E-state index contributed by atoms with van der Waals surface area (Å²) in [6.07, 6.45) is -0.224. The third kappa shape index (κ3) is 3.47. The van der Waals surface area contributed by atoms with E-state index in [4.69, 9.17) is 27.9 Å². The van der Waals surface area contributed by atoms with Crippen molar-refractivity contribution in [3.8, 4) is 0 Å². The van der Waals surface area contributed by atoms with Crippen molar-refractivity contribution in [2.45, 2.75) is 17.0 Å². The lowest BCUT2D eigenvalue weighted by Crippen LogP contribution is -2.43. The van der Waals surface area contributed by atoms with Crippen LogP contribution in [0.3, 0.4) is 0 Å². The van der Waals surface area contributed by atoms with Gasteiger partial charge in [-0.1, -0.05) is 39.1 Å². The van der Waals surface area contributed by atoms with Crippen LogP contribution in [-0.2, 0) is 14.8 Å². The van der Waals surface area contributed by atoms with Crippen LogP contribution < -0.4 is 10.0 Å². The monoisotopic (exact) mass is 402 g/mol. The Kier molecular flexibility index (Phi) is 5.34. The average Bonchev–Trinajstić information content (AvgIpc) is 2.73. The van der Waals surface area contributed by atoms with Gasteiger partial charge in [0.1, 0.15) is 4.90 Å². The van der Waals surface area contributed by atoms with Crippen molar-refractivity contribution in [2.75, 3.05) is 20.2 Å². The SMILES string of the molecule is CO[C@H]1CNCC1NS(=O)(=O)c1c(Cl)cc(Br)cc1Cl. The summed E-state index contributed by atoms with van der Waals surface area (Å²) in [5, 5.41) is 3.19. The molecule has 2 N–H and O–H groups in total. The van der Waals surface area contributed by atoms with Crippen LogP contribution in [0.1, 0.15) is 0 Å². The molecule has 20 heavy (non-hydrogen) atoms. The quantitative estimate of drug-likeness (QED) is 0.806. The molecule has 0 amide bonds. The van der Waals surface area contributed by atoms with E-state index >= 15 is 0 Å². The highest BCUT2D eigenvalue weighted by Crippen LogP contribution is 2.33. The largest absolute Gasteiger partial charge is 0.378 e. The van der Waals surface area contributed by atoms with Crippen molar-refractivity contribution in [3.05, 3.63) is 26.7 Å². The summed E-state index contributed by atoms with van der Waals surface area (Å²) >= 11 is 15.2. The Labute approximate surface area is 136 Å². The molecule has 1 unspecified atom stereocenters. The predicted octanol–water partition coefficient (Wildman–Crippen LogP) is 2.02. The minimum Gasteiger partial charge on any atom is -0.378 e. The van der Waals surface area contributed by atoms with E-state index < -0.39 is 10.0 Å². The van der Waals surface area contributed by atoms with Gasteiger partial charge in [0.2, 0.25) is 10.0 Å². The fourth-order valence-electron chi connectivity index (χ4n) is 2.06. The van der Waals surface area contributed by atoms with Crippen molar-refractivity contribution < 1.29 is 13.2 Å². The maximum Gasteiger partial charge on any atom is 0.243 e. The number of hydrogen-bond donors (Lipinski definition) is 2. The molecule has 1 aromatic rings. The Morgan fingerprint density at radius 1 is 1.35 bits per heavy atom. The molecule has 0 aromatic heterocycles. The van der Waals surface area contributed by atoms with Crippen molar-refractivity contribution in [2.24, 2.45) is 0 Å². The highest BCUT2D eigenvalue weighted by Gasteiger charge is 2.33. The zero-order chi connectivity index (χ0) is 14.9. The standard InChI is InChI=1S/C11H13BrCl2N2O3S/c1-19-10-5-15-4-9(10)16-20(17,18)11-7(13)2-6(12)3-8(11)14/h2-3,9-10,15-16H,4-5H2,1H3/t9?,10-/m0/s1. The van der Waals surface area contributed by atoms with Crippen molar-refractivity contribution in [1.82, 2.24) is 10.0 Å². The first-order valence-electron chi connectivity index (χ1n) is 5.75. The Morgan fingerprint density at radius 3 is 2.50 bits per heavy atom. The summed E-state index contributed by atoms with van der Waals surface area (Å²) in [4.78, 5) is -0.120. The second-order valence-corrected chi connectivity index (χ2v) is 7.74. The Balaban J connectivity index is 2.32. The van der Waals surface area contributed by atoms with Crippen molar-refractivity contribution >= 4 is 49.2 Å². The van der Waals surface area contributed by atoms with Gasteiger partial charge in [0.25, 0.3) is 0 Å². The topological polar surface area (TPSA) is 67.4 Å². The summed E-state index contributed by atoms with van der Waals surface area (Å²) in [7, 11) is -2.28. The van der Waals surface area contributed by atoms with Crippen LogP contribution in [0, 0.1) is 0 Å². The van der Waals surface area contributed by atoms with Gasteiger partial charge in [-0.05, 0) is 12.1 Å². The molecule has 1 aliphatic heterocycles. The third-order valence-corrected chi connectivity index (χ3v) is 5.87. The van der Waals surface area contributed by atoms with Crippen LogP contribution in [0.2, 0.25) is 10.0 Å². The molecule has 112 valence electrons. The van der Waals surface area contributed by atoms with Crippen LogP contribution in [-0.4, -0.2) is 40.8 Å². The number of rotatable bonds is 4. The van der Waals surface area contributed by atoms with Gasteiger partial charge in [0.15, 0.2) is 0 Å². The van der Waals surface area contributed by atoms with Gasteiger partial charge in [-0.25, -0.2) is 13.1 Å². The van der Waals surface area contributed by atoms with Gasteiger partial charge in [0.05, 0.1) is 22.2 Å². The van der Waals surface area contributed by atoms with Crippen LogP contribution >= 0.6 is 39.1 Å². The van der Waals surface area contributed by atoms with Gasteiger partial charge in [-0.2, -0.15) is 0 Å². The van der Waals surface area contributed by atoms with E-state index in [0.29, 0.717) is 17.6 Å². The second kappa shape index (κ2) is 6.48. The Morgan fingerprint density at radius 2 is 1.95 bits per heavy atom. The molecule has 0 spiro atoms. The van der Waals surface area contributed by atoms with Crippen LogP contribution in [0.4, 0.5) is 0 Å². The van der Waals surface area contributed by atoms with E-state index in [1.807, 2.05) is 0 Å². The predicted molar refractivity (Wildman–Crippen MR) is 81.9 cm³/mol. The van der Waals surface area contributed by atoms with E-state index in [-0.39, 0.29) is 27.1 Å². The third-order valence-electron chi connectivity index (χ3n) is 3.00. The van der Waals surface area contributed by atoms with Crippen molar-refractivity contribution in [3.63, 3.8) is 0 Å². The Bertz CT molecular complexity index is 589. The molecule has 2 rings (SSSR count). The molecular formula is C11H13BrCl2N2O3S. The lowest BCUT2D eigenvalue weighted by atomic mass is 10.2. The molecule has 0 aliphatic carbocycles. The van der Waals surface area contributed by atoms with Gasteiger partial charge >= 0.3 is 0 Å². The first kappa shape index (κ1) is 16.5. The molecule has 1 heterocycles. The minimum absolute atomic E-state index is 0.0665. The van der Waals surface area contributed by atoms with Gasteiger partial charge in [-0.3, -0.25) is 0 Å². The highest BCUT2D eigenvalue weighted by molar-refractivity contribution is 9.10. The lowest BCUT2D eigenvalue weighted by Gasteiger charge is -2.19. The van der Waals surface area contributed by atoms with Gasteiger partial charge < -0.3 is 10.1 Å². The number of halogens is 3. The summed E-state index contributed by atoms with van der Waals surface area (Å²) < 4.78 is 33.3. The van der Waals surface area contributed by atoms with Gasteiger partial charge in [-0.15, -0.1) is 0 Å². The van der Waals surface area contributed by atoms with Crippen LogP contribution in [0.5, 0.6) is 0 Å². The van der Waals surface area contributed by atoms with Crippen LogP contribution in [0.25, 0.3) is 0 Å². The van der Waals surface area contributed by atoms with Crippen molar-refractivity contribution in [1.29, 1.82) is 0 Å². The van der Waals surface area contributed by atoms with Crippen LogP contribution in [0.15, 0.2) is 21.5 Å². The molecule has 0 radical (unpaired) electrons. The number of nitrogens with one attached hydrogen (secondary N) is 2. The molecule has 5 nitrogen and oxygen atoms in total. The van der Waals surface area contributed by atoms with E-state index in [9.17, 15) is 8.42 Å². The number of methoxy groups -OCH3 is 1. The molecular weight excluding hydrogens is 391 g/mol.